The predicted octanol–water partition coefficient (Wildman–Crippen LogP) is 1.75. The molecule has 5 N–H and O–H groups in total. The lowest BCUT2D eigenvalue weighted by Gasteiger charge is -1.99. The Hall–Kier alpha value is -2.08. The van der Waals surface area contributed by atoms with Crippen LogP contribution in [-0.2, 0) is 0 Å². The minimum absolute atomic E-state index is 0.346. The smallest absolute Gasteiger partial charge is 0.194 e. The predicted molar refractivity (Wildman–Crippen MR) is 73.1 cm³/mol. The Morgan fingerprint density at radius 3 is 3.00 bits per heavy atom. The molecule has 6 heteroatoms. The lowest BCUT2D eigenvalue weighted by molar-refractivity contribution is 1.35. The molecule has 0 atom stereocenters. The van der Waals surface area contributed by atoms with Crippen molar-refractivity contribution in [3.05, 3.63) is 29.6 Å². The quantitative estimate of drug-likeness (QED) is 0.428. The Morgan fingerprint density at radius 2 is 2.29 bits per heavy atom. The van der Waals surface area contributed by atoms with Crippen molar-refractivity contribution in [2.75, 3.05) is 18.1 Å². The molecule has 1 aromatic carbocycles. The SMILES string of the molecule is C/N=C(/N)Nc1nc(-c2cccc(N)c2)cs1. The van der Waals surface area contributed by atoms with Crippen molar-refractivity contribution in [1.82, 2.24) is 4.98 Å². The second kappa shape index (κ2) is 4.84. The fourth-order valence-corrected chi connectivity index (χ4v) is 2.05. The lowest BCUT2D eigenvalue weighted by atomic mass is 10.1. The van der Waals surface area contributed by atoms with Gasteiger partial charge in [0, 0.05) is 23.7 Å². The van der Waals surface area contributed by atoms with Gasteiger partial charge in [0.15, 0.2) is 11.1 Å². The highest BCUT2D eigenvalue weighted by atomic mass is 32.1. The van der Waals surface area contributed by atoms with Crippen LogP contribution in [0.4, 0.5) is 10.8 Å². The number of hydrogen-bond acceptors (Lipinski definition) is 4. The van der Waals surface area contributed by atoms with Crippen molar-refractivity contribution in [3.8, 4) is 11.3 Å². The summed E-state index contributed by atoms with van der Waals surface area (Å²) in [4.78, 5) is 8.21. The van der Waals surface area contributed by atoms with Crippen molar-refractivity contribution in [3.63, 3.8) is 0 Å². The largest absolute Gasteiger partial charge is 0.399 e. The zero-order chi connectivity index (χ0) is 12.3. The molecule has 0 aliphatic heterocycles. The summed E-state index contributed by atoms with van der Waals surface area (Å²) in [7, 11) is 1.62. The fourth-order valence-electron chi connectivity index (χ4n) is 1.33. The number of aromatic nitrogens is 1. The fraction of sp³-hybridized carbons (Fsp3) is 0.0909. The van der Waals surface area contributed by atoms with Crippen molar-refractivity contribution in [1.29, 1.82) is 0 Å². The number of hydrogen-bond donors (Lipinski definition) is 3. The molecule has 0 bridgehead atoms. The molecule has 0 amide bonds. The van der Waals surface area contributed by atoms with E-state index < -0.39 is 0 Å². The van der Waals surface area contributed by atoms with Gasteiger partial charge in [0.1, 0.15) is 0 Å². The molecule has 2 rings (SSSR count). The number of nitrogen functional groups attached to an aromatic ring is 1. The zero-order valence-corrected chi connectivity index (χ0v) is 10.2. The first kappa shape index (κ1) is 11.4. The summed E-state index contributed by atoms with van der Waals surface area (Å²) in [6.07, 6.45) is 0. The van der Waals surface area contributed by atoms with Crippen molar-refractivity contribution >= 4 is 28.1 Å². The van der Waals surface area contributed by atoms with E-state index in [0.717, 1.165) is 16.9 Å². The highest BCUT2D eigenvalue weighted by molar-refractivity contribution is 7.14. The zero-order valence-electron chi connectivity index (χ0n) is 9.34. The Balaban J connectivity index is 2.24. The summed E-state index contributed by atoms with van der Waals surface area (Å²) < 4.78 is 0. The average molecular weight is 247 g/mol. The summed E-state index contributed by atoms with van der Waals surface area (Å²) in [5.74, 6) is 0.346. The molecule has 17 heavy (non-hydrogen) atoms. The first-order chi connectivity index (χ1) is 8.19. The van der Waals surface area contributed by atoms with Crippen LogP contribution < -0.4 is 16.8 Å². The summed E-state index contributed by atoms with van der Waals surface area (Å²) >= 11 is 1.47. The number of nitrogens with one attached hydrogen (secondary N) is 1. The molecule has 2 aromatic rings. The van der Waals surface area contributed by atoms with Crippen molar-refractivity contribution in [2.45, 2.75) is 0 Å². The molecule has 0 radical (unpaired) electrons. The molecule has 88 valence electrons. The second-order valence-electron chi connectivity index (χ2n) is 3.40. The number of benzene rings is 1. The summed E-state index contributed by atoms with van der Waals surface area (Å²) in [6.45, 7) is 0. The van der Waals surface area contributed by atoms with Crippen LogP contribution in [0.2, 0.25) is 0 Å². The second-order valence-corrected chi connectivity index (χ2v) is 4.26. The van der Waals surface area contributed by atoms with E-state index in [1.54, 1.807) is 7.05 Å². The van der Waals surface area contributed by atoms with Gasteiger partial charge in [0.25, 0.3) is 0 Å². The number of thiazole rings is 1. The van der Waals surface area contributed by atoms with Gasteiger partial charge in [-0.05, 0) is 12.1 Å². The maximum absolute atomic E-state index is 5.73. The topological polar surface area (TPSA) is 89.3 Å². The Labute approximate surface area is 103 Å². The van der Waals surface area contributed by atoms with Crippen LogP contribution in [0.5, 0.6) is 0 Å². The molecule has 0 aliphatic carbocycles. The van der Waals surface area contributed by atoms with E-state index in [1.165, 1.54) is 11.3 Å². The van der Waals surface area contributed by atoms with E-state index in [-0.39, 0.29) is 0 Å². The average Bonchev–Trinajstić information content (AvgIpc) is 2.77. The van der Waals surface area contributed by atoms with E-state index in [4.69, 9.17) is 11.5 Å². The van der Waals surface area contributed by atoms with Gasteiger partial charge in [-0.25, -0.2) is 4.98 Å². The molecule has 0 unspecified atom stereocenters. The van der Waals surface area contributed by atoms with Gasteiger partial charge < -0.3 is 16.8 Å². The molecule has 0 saturated carbocycles. The molecule has 0 aliphatic rings. The van der Waals surface area contributed by atoms with Gasteiger partial charge >= 0.3 is 0 Å². The van der Waals surface area contributed by atoms with Crippen LogP contribution in [0.1, 0.15) is 0 Å². The normalized spacial score (nSPS) is 11.5. The molecular weight excluding hydrogens is 234 g/mol. The van der Waals surface area contributed by atoms with E-state index in [9.17, 15) is 0 Å². The van der Waals surface area contributed by atoms with Crippen LogP contribution in [0.3, 0.4) is 0 Å². The van der Waals surface area contributed by atoms with Crippen LogP contribution in [-0.4, -0.2) is 18.0 Å². The molecular formula is C11H13N5S. The van der Waals surface area contributed by atoms with E-state index in [2.05, 4.69) is 15.3 Å². The number of guanidine groups is 1. The third kappa shape index (κ3) is 2.73. The molecule has 1 heterocycles. The standard InChI is InChI=1S/C11H13N5S/c1-14-10(13)16-11-15-9(6-17-11)7-3-2-4-8(12)5-7/h2-6H,12H2,1H3,(H3,13,14,15,16). The minimum atomic E-state index is 0.346. The van der Waals surface area contributed by atoms with Gasteiger partial charge in [-0.2, -0.15) is 0 Å². The molecule has 0 fully saturated rings. The van der Waals surface area contributed by atoms with Crippen molar-refractivity contribution in [2.24, 2.45) is 10.7 Å². The van der Waals surface area contributed by atoms with Crippen molar-refractivity contribution < 1.29 is 0 Å². The number of nitrogens with two attached hydrogens (primary N) is 2. The maximum atomic E-state index is 5.73. The van der Waals surface area contributed by atoms with Gasteiger partial charge in [-0.1, -0.05) is 12.1 Å². The minimum Gasteiger partial charge on any atom is -0.399 e. The molecule has 1 aromatic heterocycles. The van der Waals surface area contributed by atoms with E-state index in [1.807, 2.05) is 29.6 Å². The first-order valence-electron chi connectivity index (χ1n) is 5.00. The third-order valence-corrected chi connectivity index (χ3v) is 2.92. The number of anilines is 2. The van der Waals surface area contributed by atoms with Crippen LogP contribution in [0, 0.1) is 0 Å². The van der Waals surface area contributed by atoms with Crippen LogP contribution >= 0.6 is 11.3 Å². The summed E-state index contributed by atoms with van der Waals surface area (Å²) in [5, 5.41) is 5.56. The number of nitrogens with zero attached hydrogens (tertiary/aromatic N) is 2. The van der Waals surface area contributed by atoms with Crippen LogP contribution in [0.25, 0.3) is 11.3 Å². The van der Waals surface area contributed by atoms with E-state index >= 15 is 0 Å². The summed E-state index contributed by atoms with van der Waals surface area (Å²) in [5.41, 5.74) is 13.9. The molecule has 0 spiro atoms. The third-order valence-electron chi connectivity index (χ3n) is 2.16. The molecule has 5 nitrogen and oxygen atoms in total. The van der Waals surface area contributed by atoms with Gasteiger partial charge in [-0.15, -0.1) is 11.3 Å². The Bertz CT molecular complexity index is 546. The lowest BCUT2D eigenvalue weighted by Crippen LogP contribution is -2.21. The first-order valence-corrected chi connectivity index (χ1v) is 5.87. The molecule has 0 saturated heterocycles. The van der Waals surface area contributed by atoms with Gasteiger partial charge in [-0.3, -0.25) is 4.99 Å². The Kier molecular flexibility index (Phi) is 3.24. The number of rotatable bonds is 2. The van der Waals surface area contributed by atoms with Crippen LogP contribution in [0.15, 0.2) is 34.6 Å². The highest BCUT2D eigenvalue weighted by Crippen LogP contribution is 2.25. The monoisotopic (exact) mass is 247 g/mol. The van der Waals surface area contributed by atoms with Gasteiger partial charge in [0.2, 0.25) is 0 Å². The van der Waals surface area contributed by atoms with Gasteiger partial charge in [0.05, 0.1) is 5.69 Å². The highest BCUT2D eigenvalue weighted by Gasteiger charge is 2.05. The summed E-state index contributed by atoms with van der Waals surface area (Å²) in [6, 6.07) is 7.60. The number of aliphatic imine (C=N–C) groups is 1. The maximum Gasteiger partial charge on any atom is 0.194 e. The Morgan fingerprint density at radius 1 is 1.47 bits per heavy atom. The van der Waals surface area contributed by atoms with E-state index in [0.29, 0.717) is 11.1 Å².